The number of anilines is 4. The molecule has 16 nitrogen and oxygen atoms in total. The van der Waals surface area contributed by atoms with Gasteiger partial charge < -0.3 is 29.4 Å². The summed E-state index contributed by atoms with van der Waals surface area (Å²) in [6.07, 6.45) is 14.2. The Morgan fingerprint density at radius 3 is 1.55 bits per heavy atom. The highest BCUT2D eigenvalue weighted by Gasteiger charge is 2.27. The van der Waals surface area contributed by atoms with Gasteiger partial charge in [0.05, 0.1) is 40.0 Å². The second kappa shape index (κ2) is 21.0. The SMILES string of the molecule is CN1CCCC(NS(=O)(=O)c2ccccc2Nc2cc(-c3ccc4ccn(C)c4c3)c3nccnc3c2)C1.Cn1ccc2ccc(-c3cc(Nc4ccccc4S(=O)(=O)NC4CCCOC4)cc4nccnc34)cc21. The van der Waals surface area contributed by atoms with E-state index in [1.54, 1.807) is 61.2 Å². The molecule has 6 heterocycles. The molecule has 2 aliphatic rings. The molecule has 0 aliphatic carbocycles. The van der Waals surface area contributed by atoms with Crippen LogP contribution in [-0.4, -0.2) is 96.2 Å². The third-order valence-corrected chi connectivity index (χ3v) is 17.0. The van der Waals surface area contributed by atoms with Gasteiger partial charge in [0.25, 0.3) is 0 Å². The molecule has 4 N–H and O–H groups in total. The molecule has 75 heavy (non-hydrogen) atoms. The van der Waals surface area contributed by atoms with Crippen molar-refractivity contribution in [3.8, 4) is 22.3 Å². The Labute approximate surface area is 435 Å². The molecule has 2 fully saturated rings. The topological polar surface area (TPSA) is 190 Å². The number of likely N-dealkylation sites (N-methyl/N-ethyl adjacent to an activating group) is 1. The van der Waals surface area contributed by atoms with E-state index < -0.39 is 20.0 Å². The number of fused-ring (bicyclic) bond motifs is 4. The number of nitrogens with zero attached hydrogens (tertiary/aromatic N) is 7. The number of rotatable bonds is 12. The average Bonchev–Trinajstić information content (AvgIpc) is 3.98. The Kier molecular flexibility index (Phi) is 13.9. The van der Waals surface area contributed by atoms with Gasteiger partial charge in [0.1, 0.15) is 9.79 Å². The number of likely N-dealkylation sites (tertiary alicyclic amines) is 1. The van der Waals surface area contributed by atoms with Crippen LogP contribution in [0.1, 0.15) is 25.7 Å². The molecule has 6 aromatic carbocycles. The summed E-state index contributed by atoms with van der Waals surface area (Å²) in [6.45, 7) is 2.74. The van der Waals surface area contributed by atoms with Crippen LogP contribution in [0.15, 0.2) is 168 Å². The number of aryl methyl sites for hydroxylation is 2. The molecule has 2 unspecified atom stereocenters. The Morgan fingerprint density at radius 2 is 1.04 bits per heavy atom. The smallest absolute Gasteiger partial charge is 0.242 e. The predicted molar refractivity (Wildman–Crippen MR) is 297 cm³/mol. The number of ether oxygens (including phenoxy) is 1. The zero-order chi connectivity index (χ0) is 51.7. The van der Waals surface area contributed by atoms with Crippen LogP contribution in [0.25, 0.3) is 66.1 Å². The quantitative estimate of drug-likeness (QED) is 0.0908. The third-order valence-electron chi connectivity index (χ3n) is 13.9. The Morgan fingerprint density at radius 1 is 0.547 bits per heavy atom. The van der Waals surface area contributed by atoms with Crippen molar-refractivity contribution in [2.45, 2.75) is 47.6 Å². The van der Waals surface area contributed by atoms with Crippen LogP contribution in [0, 0.1) is 0 Å². The monoisotopic (exact) mass is 1040 g/mol. The Hall–Kier alpha value is -7.58. The van der Waals surface area contributed by atoms with Crippen LogP contribution in [0.4, 0.5) is 22.7 Å². The van der Waals surface area contributed by atoms with Gasteiger partial charge >= 0.3 is 0 Å². The van der Waals surface area contributed by atoms with Crippen molar-refractivity contribution in [3.05, 3.63) is 159 Å². The first-order valence-corrected chi connectivity index (χ1v) is 28.0. The highest BCUT2D eigenvalue weighted by atomic mass is 32.2. The van der Waals surface area contributed by atoms with Crippen LogP contribution < -0.4 is 20.1 Å². The first-order valence-electron chi connectivity index (χ1n) is 25.0. The van der Waals surface area contributed by atoms with E-state index in [0.717, 1.165) is 104 Å². The minimum atomic E-state index is -3.76. The van der Waals surface area contributed by atoms with Crippen molar-refractivity contribution in [2.75, 3.05) is 44.0 Å². The first kappa shape index (κ1) is 49.6. The molecular formula is C57H57N11O5S2. The van der Waals surface area contributed by atoms with Crippen LogP contribution in [-0.2, 0) is 38.9 Å². The number of para-hydroxylation sites is 2. The van der Waals surface area contributed by atoms with Crippen LogP contribution >= 0.6 is 0 Å². The fraction of sp³-hybridized carbons (Fsp3) is 0.228. The maximum Gasteiger partial charge on any atom is 0.242 e. The van der Waals surface area contributed by atoms with Crippen molar-refractivity contribution in [3.63, 3.8) is 0 Å². The minimum Gasteiger partial charge on any atom is -0.380 e. The summed E-state index contributed by atoms with van der Waals surface area (Å²) in [5.41, 5.74) is 11.5. The van der Waals surface area contributed by atoms with E-state index in [-0.39, 0.29) is 21.9 Å². The van der Waals surface area contributed by atoms with E-state index in [2.05, 4.69) is 103 Å². The molecule has 382 valence electrons. The van der Waals surface area contributed by atoms with E-state index in [4.69, 9.17) is 4.74 Å². The molecule has 0 bridgehead atoms. The molecule has 0 radical (unpaired) electrons. The molecule has 2 aliphatic heterocycles. The number of piperidine rings is 1. The fourth-order valence-corrected chi connectivity index (χ4v) is 13.0. The second-order valence-electron chi connectivity index (χ2n) is 19.3. The summed E-state index contributed by atoms with van der Waals surface area (Å²) < 4.78 is 68.9. The van der Waals surface area contributed by atoms with Gasteiger partial charge in [-0.25, -0.2) is 26.3 Å². The number of benzene rings is 6. The fourth-order valence-electron chi connectivity index (χ4n) is 10.2. The minimum absolute atomic E-state index is 0.109. The highest BCUT2D eigenvalue weighted by Crippen LogP contribution is 2.37. The lowest BCUT2D eigenvalue weighted by Gasteiger charge is -2.30. The first-order chi connectivity index (χ1) is 36.3. The summed E-state index contributed by atoms with van der Waals surface area (Å²) in [5, 5.41) is 9.03. The molecular weight excluding hydrogens is 983 g/mol. The molecule has 10 aromatic rings. The molecule has 18 heteroatoms. The number of aromatic nitrogens is 6. The maximum atomic E-state index is 13.5. The summed E-state index contributed by atoms with van der Waals surface area (Å²) >= 11 is 0. The van der Waals surface area contributed by atoms with Crippen molar-refractivity contribution in [1.82, 2.24) is 43.4 Å². The van der Waals surface area contributed by atoms with Crippen LogP contribution in [0.3, 0.4) is 0 Å². The van der Waals surface area contributed by atoms with Crippen molar-refractivity contribution in [2.24, 2.45) is 14.1 Å². The average molecular weight is 1040 g/mol. The van der Waals surface area contributed by atoms with Crippen molar-refractivity contribution >= 4 is 86.7 Å². The van der Waals surface area contributed by atoms with Crippen molar-refractivity contribution < 1.29 is 21.6 Å². The second-order valence-corrected chi connectivity index (χ2v) is 22.7. The lowest BCUT2D eigenvalue weighted by Crippen LogP contribution is -2.46. The molecule has 0 saturated carbocycles. The molecule has 4 aromatic heterocycles. The summed E-state index contributed by atoms with van der Waals surface area (Å²) in [5.74, 6) is 0. The van der Waals surface area contributed by atoms with Crippen LogP contribution in [0.2, 0.25) is 0 Å². The van der Waals surface area contributed by atoms with E-state index in [9.17, 15) is 16.8 Å². The normalized spacial score (nSPS) is 16.5. The van der Waals surface area contributed by atoms with E-state index in [1.165, 1.54) is 0 Å². The van der Waals surface area contributed by atoms with E-state index in [1.807, 2.05) is 69.9 Å². The lowest BCUT2D eigenvalue weighted by molar-refractivity contribution is 0.0774. The number of hydrogen-bond acceptors (Lipinski definition) is 12. The molecule has 0 spiro atoms. The van der Waals surface area contributed by atoms with Crippen molar-refractivity contribution in [1.29, 1.82) is 0 Å². The Balaban J connectivity index is 0.000000161. The van der Waals surface area contributed by atoms with Gasteiger partial charge in [0.2, 0.25) is 20.0 Å². The van der Waals surface area contributed by atoms with Gasteiger partial charge in [-0.2, -0.15) is 0 Å². The summed E-state index contributed by atoms with van der Waals surface area (Å²) in [4.78, 5) is 20.9. The third kappa shape index (κ3) is 10.7. The van der Waals surface area contributed by atoms with E-state index >= 15 is 0 Å². The largest absolute Gasteiger partial charge is 0.380 e. The summed E-state index contributed by atoms with van der Waals surface area (Å²) in [6, 6.07) is 38.2. The van der Waals surface area contributed by atoms with Gasteiger partial charge in [-0.05, 0) is 134 Å². The maximum absolute atomic E-state index is 13.5. The number of hydrogen-bond donors (Lipinski definition) is 4. The number of sulfonamides is 2. The molecule has 2 atom stereocenters. The van der Waals surface area contributed by atoms with Gasteiger partial charge in [0.15, 0.2) is 0 Å². The van der Waals surface area contributed by atoms with Gasteiger partial charge in [-0.1, -0.05) is 48.5 Å². The zero-order valence-corrected chi connectivity index (χ0v) is 43.4. The van der Waals surface area contributed by atoms with Crippen LogP contribution in [0.5, 0.6) is 0 Å². The predicted octanol–water partition coefficient (Wildman–Crippen LogP) is 9.89. The zero-order valence-electron chi connectivity index (χ0n) is 41.8. The van der Waals surface area contributed by atoms with Gasteiger partial charge in [-0.3, -0.25) is 19.9 Å². The molecule has 12 rings (SSSR count). The van der Waals surface area contributed by atoms with E-state index in [0.29, 0.717) is 36.6 Å². The standard InChI is InChI=1S/C29H30N6O2S.C28H27N5O3S/c1-34-14-5-6-22(19-34)33-38(36,37)28-8-4-3-7-25(28)32-23-17-24(29-26(18-23)30-12-13-31-29)21-10-9-20-11-15-35(2)27(20)16-21;1-33-13-10-19-8-9-20(15-26(19)33)23-16-22(17-25-28(23)30-12-11-29-25)31-24-6-2-3-7-27(24)37(34,35)32-21-5-4-14-36-18-21/h3-4,7-13,15-18,22,32-33H,5-6,14,19H2,1-2H3;2-3,6-13,15-17,21,31-32H,4-5,14,18H2,1H3. The lowest BCUT2D eigenvalue weighted by atomic mass is 10.0. The summed E-state index contributed by atoms with van der Waals surface area (Å²) in [7, 11) is -1.43. The highest BCUT2D eigenvalue weighted by molar-refractivity contribution is 7.90. The van der Waals surface area contributed by atoms with Gasteiger partial charge in [-0.15, -0.1) is 0 Å². The Bertz CT molecular complexity index is 3970. The molecule has 0 amide bonds. The number of nitrogens with one attached hydrogen (secondary N) is 4. The van der Waals surface area contributed by atoms with Gasteiger partial charge in [0, 0.05) is 110 Å². The molecule has 2 saturated heterocycles.